The van der Waals surface area contributed by atoms with Gasteiger partial charge >= 0.3 is 11.9 Å². The van der Waals surface area contributed by atoms with Crippen molar-refractivity contribution < 1.29 is 90.7 Å². The molecule has 0 aliphatic rings. The van der Waals surface area contributed by atoms with Gasteiger partial charge in [0.25, 0.3) is 0 Å². The molecule has 0 heterocycles. The third-order valence-corrected chi connectivity index (χ3v) is 1.98. The van der Waals surface area contributed by atoms with E-state index in [1.165, 1.54) is 6.92 Å². The molecule has 0 saturated carbocycles. The Morgan fingerprint density at radius 3 is 1.88 bits per heavy atom. The summed E-state index contributed by atoms with van der Waals surface area (Å²) in [5.41, 5.74) is 0. The Morgan fingerprint density at radius 1 is 1.12 bits per heavy atom. The van der Waals surface area contributed by atoms with Crippen molar-refractivity contribution >= 4 is 11.9 Å². The largest absolute Gasteiger partial charge is 0.412 e. The Hall–Kier alpha value is 1.27. The Balaban J connectivity index is -0.000000120. The van der Waals surface area contributed by atoms with E-state index in [4.69, 9.17) is 0 Å². The van der Waals surface area contributed by atoms with Gasteiger partial charge in [0.1, 0.15) is 0 Å². The van der Waals surface area contributed by atoms with E-state index in [1.807, 2.05) is 6.92 Å². The average molecular weight is 400 g/mol. The quantitative estimate of drug-likeness (QED) is 0.499. The zero-order valence-electron chi connectivity index (χ0n) is 10.8. The number of unbranched alkanes of at least 4 members (excludes halogenated alkanes) is 1. The molecule has 0 aliphatic heterocycles. The molecule has 0 aromatic rings. The molecule has 17 heavy (non-hydrogen) atoms. The van der Waals surface area contributed by atoms with Crippen LogP contribution >= 0.6 is 0 Å². The third-order valence-electron chi connectivity index (χ3n) is 1.98. The zero-order valence-corrected chi connectivity index (χ0v) is 16.5. The molecule has 0 aliphatic carbocycles. The van der Waals surface area contributed by atoms with Crippen LogP contribution in [0.15, 0.2) is 0 Å². The fraction of sp³-hybridized carbons (Fsp3) is 0.800. The second kappa shape index (κ2) is 19.6. The van der Waals surface area contributed by atoms with Crippen LogP contribution in [0, 0.1) is 5.92 Å². The van der Waals surface area contributed by atoms with Gasteiger partial charge in [-0.3, -0.25) is 9.59 Å². The van der Waals surface area contributed by atoms with E-state index in [9.17, 15) is 9.59 Å². The minimum absolute atomic E-state index is 0. The van der Waals surface area contributed by atoms with Gasteiger partial charge in [0.2, 0.25) is 0 Å². The number of esters is 2. The number of rotatable bonds is 5. The first-order valence-corrected chi connectivity index (χ1v) is 4.84. The van der Waals surface area contributed by atoms with E-state index in [0.717, 1.165) is 25.7 Å². The normalized spacial score (nSPS) is 9.35. The maximum absolute atomic E-state index is 11.2. The molecule has 98 valence electrons. The molecule has 0 spiro atoms. The van der Waals surface area contributed by atoms with Gasteiger partial charge in [-0.25, -0.2) is 0 Å². The number of carbonyl (C=O) groups is 2. The molecule has 0 aromatic carbocycles. The van der Waals surface area contributed by atoms with Gasteiger partial charge in [0.05, 0.1) is 5.92 Å². The number of hydrogen-bond donors (Lipinski definition) is 0. The maximum Gasteiger partial charge on any atom is 0.316 e. The molecular weight excluding hydrogens is 378 g/mol. The van der Waals surface area contributed by atoms with Crippen LogP contribution in [0.2, 0.25) is 0 Å². The van der Waals surface area contributed by atoms with E-state index in [1.54, 1.807) is 0 Å². The Bertz CT molecular complexity index is 188. The summed E-state index contributed by atoms with van der Waals surface area (Å²) >= 11 is 0. The monoisotopic (exact) mass is 400 g/mol. The van der Waals surface area contributed by atoms with Crippen molar-refractivity contribution in [2.24, 2.45) is 5.92 Å². The minimum atomic E-state index is -0.514. The van der Waals surface area contributed by atoms with Crippen LogP contribution in [0.4, 0.5) is 0 Å². The molecule has 0 amide bonds. The van der Waals surface area contributed by atoms with Crippen LogP contribution in [0.25, 0.3) is 0 Å². The molecule has 1 unspecified atom stereocenters. The topological polar surface area (TPSA) is 106 Å². The number of ether oxygens (including phenoxy) is 1. The predicted octanol–water partition coefficient (Wildman–Crippen LogP) is 0.638. The Morgan fingerprint density at radius 2 is 1.59 bits per heavy atom. The standard InChI is InChI=1S/C10H18O3.2H2O.2Y/c1-4-6-7-9(5-2)10(12)13-8(3)11;;;;/h9H,4-7H2,1-3H3;2*1H2;;. The fourth-order valence-electron chi connectivity index (χ4n) is 1.16. The maximum atomic E-state index is 11.2. The first-order valence-electron chi connectivity index (χ1n) is 4.84. The van der Waals surface area contributed by atoms with Gasteiger partial charge in [-0.05, 0) is 12.8 Å². The van der Waals surface area contributed by atoms with Crippen molar-refractivity contribution in [1.29, 1.82) is 0 Å². The molecule has 0 aromatic heterocycles. The average Bonchev–Trinajstić information content (AvgIpc) is 2.04. The predicted molar refractivity (Wildman–Crippen MR) is 57.3 cm³/mol. The number of hydrogen-bond acceptors (Lipinski definition) is 3. The summed E-state index contributed by atoms with van der Waals surface area (Å²) in [7, 11) is 0. The van der Waals surface area contributed by atoms with E-state index in [2.05, 4.69) is 11.7 Å². The van der Waals surface area contributed by atoms with Crippen molar-refractivity contribution in [1.82, 2.24) is 0 Å². The Kier molecular flexibility index (Phi) is 35.7. The molecular formula is C10H22O5Y2. The van der Waals surface area contributed by atoms with E-state index < -0.39 is 5.97 Å². The summed E-state index contributed by atoms with van der Waals surface area (Å²) in [6.07, 6.45) is 3.63. The van der Waals surface area contributed by atoms with Gasteiger partial charge in [-0.2, -0.15) is 0 Å². The second-order valence-corrected chi connectivity index (χ2v) is 3.16. The summed E-state index contributed by atoms with van der Waals surface area (Å²) < 4.78 is 4.52. The Labute approximate surface area is 153 Å². The van der Waals surface area contributed by atoms with Gasteiger partial charge in [0.15, 0.2) is 0 Å². The summed E-state index contributed by atoms with van der Waals surface area (Å²) in [6.45, 7) is 5.26. The van der Waals surface area contributed by atoms with Crippen molar-refractivity contribution in [3.05, 3.63) is 0 Å². The minimum Gasteiger partial charge on any atom is -0.412 e. The van der Waals surface area contributed by atoms with Crippen LogP contribution in [0.1, 0.15) is 46.5 Å². The van der Waals surface area contributed by atoms with Crippen LogP contribution in [-0.4, -0.2) is 22.9 Å². The van der Waals surface area contributed by atoms with Gasteiger partial charge in [-0.1, -0.05) is 26.7 Å². The number of carbonyl (C=O) groups excluding carboxylic acids is 2. The van der Waals surface area contributed by atoms with Crippen LogP contribution in [0.5, 0.6) is 0 Å². The molecule has 0 fully saturated rings. The molecule has 4 N–H and O–H groups in total. The van der Waals surface area contributed by atoms with Crippen molar-refractivity contribution in [2.45, 2.75) is 46.5 Å². The summed E-state index contributed by atoms with van der Waals surface area (Å²) in [5.74, 6) is -0.993. The van der Waals surface area contributed by atoms with Crippen LogP contribution in [0.3, 0.4) is 0 Å². The summed E-state index contributed by atoms with van der Waals surface area (Å²) in [5, 5.41) is 0. The second-order valence-electron chi connectivity index (χ2n) is 3.16. The first kappa shape index (κ1) is 30.9. The molecule has 5 nitrogen and oxygen atoms in total. The van der Waals surface area contributed by atoms with E-state index >= 15 is 0 Å². The molecule has 0 bridgehead atoms. The van der Waals surface area contributed by atoms with Crippen molar-refractivity contribution in [2.75, 3.05) is 0 Å². The third kappa shape index (κ3) is 17.3. The van der Waals surface area contributed by atoms with E-state index in [-0.39, 0.29) is 88.3 Å². The van der Waals surface area contributed by atoms with Crippen LogP contribution < -0.4 is 0 Å². The molecule has 0 saturated heterocycles. The molecule has 0 rings (SSSR count). The van der Waals surface area contributed by atoms with Gasteiger partial charge in [0, 0.05) is 72.3 Å². The molecule has 7 heteroatoms. The zero-order chi connectivity index (χ0) is 10.3. The molecule has 2 radical (unpaired) electrons. The van der Waals surface area contributed by atoms with Crippen LogP contribution in [-0.2, 0) is 79.7 Å². The van der Waals surface area contributed by atoms with Gasteiger partial charge in [-0.15, -0.1) is 0 Å². The van der Waals surface area contributed by atoms with Crippen molar-refractivity contribution in [3.63, 3.8) is 0 Å². The first-order chi connectivity index (χ1) is 6.11. The summed E-state index contributed by atoms with van der Waals surface area (Å²) in [6, 6.07) is 0. The smallest absolute Gasteiger partial charge is 0.316 e. The SMILES string of the molecule is CCCCC(CC)C(=O)OC(C)=O.O.O.[Y].[Y]. The fourth-order valence-corrected chi connectivity index (χ4v) is 1.16. The molecule has 1 atom stereocenters. The van der Waals surface area contributed by atoms with Crippen molar-refractivity contribution in [3.8, 4) is 0 Å². The van der Waals surface area contributed by atoms with E-state index in [0.29, 0.717) is 0 Å². The van der Waals surface area contributed by atoms with Gasteiger partial charge < -0.3 is 15.7 Å². The summed E-state index contributed by atoms with van der Waals surface area (Å²) in [4.78, 5) is 21.8.